The number of aromatic nitrogens is 2. The third-order valence-electron chi connectivity index (χ3n) is 4.22. The third-order valence-corrected chi connectivity index (χ3v) is 4.22. The molecule has 142 valence electrons. The van der Waals surface area contributed by atoms with Gasteiger partial charge in [0.25, 0.3) is 0 Å². The van der Waals surface area contributed by atoms with E-state index < -0.39 is 5.54 Å². The normalized spacial score (nSPS) is 16.8. The summed E-state index contributed by atoms with van der Waals surface area (Å²) in [6, 6.07) is 1.83. The molecule has 1 fully saturated rings. The SMILES string of the molecule is CCCC(C)(N)C(=O)N1CCN(c2nc(C)cc(OCC)n2)CC1.Cl. The second-order valence-corrected chi connectivity index (χ2v) is 6.53. The fourth-order valence-corrected chi connectivity index (χ4v) is 2.98. The summed E-state index contributed by atoms with van der Waals surface area (Å²) in [5.41, 5.74) is 6.27. The maximum atomic E-state index is 12.6. The first-order valence-corrected chi connectivity index (χ1v) is 8.69. The van der Waals surface area contributed by atoms with Crippen molar-refractivity contribution in [2.24, 2.45) is 5.73 Å². The second-order valence-electron chi connectivity index (χ2n) is 6.53. The zero-order valence-corrected chi connectivity index (χ0v) is 16.4. The van der Waals surface area contributed by atoms with Crippen LogP contribution < -0.4 is 15.4 Å². The molecule has 1 amide bonds. The van der Waals surface area contributed by atoms with Gasteiger partial charge in [-0.3, -0.25) is 4.79 Å². The van der Waals surface area contributed by atoms with Gasteiger partial charge >= 0.3 is 0 Å². The fraction of sp³-hybridized carbons (Fsp3) is 0.706. The van der Waals surface area contributed by atoms with Crippen LogP contribution in [0.5, 0.6) is 5.88 Å². The average molecular weight is 372 g/mol. The van der Waals surface area contributed by atoms with E-state index in [9.17, 15) is 4.79 Å². The zero-order valence-electron chi connectivity index (χ0n) is 15.6. The van der Waals surface area contributed by atoms with Gasteiger partial charge in [-0.15, -0.1) is 12.4 Å². The third kappa shape index (κ3) is 5.44. The number of carbonyl (C=O) groups is 1. The number of nitrogens with zero attached hydrogens (tertiary/aromatic N) is 4. The molecule has 0 bridgehead atoms. The van der Waals surface area contributed by atoms with Crippen molar-refractivity contribution in [3.05, 3.63) is 11.8 Å². The minimum atomic E-state index is -0.779. The van der Waals surface area contributed by atoms with E-state index in [-0.39, 0.29) is 18.3 Å². The molecule has 2 N–H and O–H groups in total. The molecule has 0 saturated carbocycles. The molecule has 1 unspecified atom stereocenters. The Bertz CT molecular complexity index is 574. The van der Waals surface area contributed by atoms with Gasteiger partial charge in [-0.25, -0.2) is 4.98 Å². The molecule has 1 saturated heterocycles. The lowest BCUT2D eigenvalue weighted by Crippen LogP contribution is -2.58. The van der Waals surface area contributed by atoms with E-state index in [0.717, 1.165) is 12.1 Å². The van der Waals surface area contributed by atoms with Crippen LogP contribution in [-0.2, 0) is 4.79 Å². The molecule has 0 aromatic carbocycles. The van der Waals surface area contributed by atoms with Gasteiger partial charge in [0.1, 0.15) is 0 Å². The van der Waals surface area contributed by atoms with Gasteiger partial charge in [0.05, 0.1) is 12.1 Å². The average Bonchev–Trinajstić information content (AvgIpc) is 2.54. The molecular formula is C17H30ClN5O2. The standard InChI is InChI=1S/C17H29N5O2.ClH/c1-5-7-17(4,18)15(23)21-8-10-22(11-9-21)16-19-13(3)12-14(20-16)24-6-2;/h12H,5-11,18H2,1-4H3;1H. The summed E-state index contributed by atoms with van der Waals surface area (Å²) in [5.74, 6) is 1.29. The first kappa shape index (κ1) is 21.4. The molecule has 2 rings (SSSR count). The summed E-state index contributed by atoms with van der Waals surface area (Å²) in [5, 5.41) is 0. The molecule has 1 atom stereocenters. The first-order valence-electron chi connectivity index (χ1n) is 8.69. The number of amides is 1. The summed E-state index contributed by atoms with van der Waals surface area (Å²) < 4.78 is 5.49. The van der Waals surface area contributed by atoms with Crippen molar-refractivity contribution in [3.63, 3.8) is 0 Å². The predicted molar refractivity (Wildman–Crippen MR) is 101 cm³/mol. The van der Waals surface area contributed by atoms with Crippen molar-refractivity contribution in [1.82, 2.24) is 14.9 Å². The van der Waals surface area contributed by atoms with Crippen LogP contribution in [0.1, 0.15) is 39.3 Å². The number of hydrogen-bond acceptors (Lipinski definition) is 6. The molecule has 8 heteroatoms. The van der Waals surface area contributed by atoms with Crippen LogP contribution in [0.4, 0.5) is 5.95 Å². The number of nitrogens with two attached hydrogens (primary N) is 1. The summed E-state index contributed by atoms with van der Waals surface area (Å²) in [4.78, 5) is 25.5. The van der Waals surface area contributed by atoms with Crippen molar-refractivity contribution in [2.45, 2.75) is 46.1 Å². The van der Waals surface area contributed by atoms with E-state index in [2.05, 4.69) is 14.9 Å². The van der Waals surface area contributed by atoms with Crippen molar-refractivity contribution in [1.29, 1.82) is 0 Å². The van der Waals surface area contributed by atoms with Crippen LogP contribution in [0, 0.1) is 6.92 Å². The number of aryl methyl sites for hydroxylation is 1. The van der Waals surface area contributed by atoms with Gasteiger partial charge in [0.15, 0.2) is 0 Å². The smallest absolute Gasteiger partial charge is 0.242 e. The lowest BCUT2D eigenvalue weighted by Gasteiger charge is -2.38. The van der Waals surface area contributed by atoms with E-state index in [1.54, 1.807) is 0 Å². The topological polar surface area (TPSA) is 84.6 Å². The van der Waals surface area contributed by atoms with Gasteiger partial charge in [0, 0.05) is 37.9 Å². The number of halogens is 1. The molecule has 25 heavy (non-hydrogen) atoms. The summed E-state index contributed by atoms with van der Waals surface area (Å²) >= 11 is 0. The van der Waals surface area contributed by atoms with Crippen LogP contribution in [-0.4, -0.2) is 59.1 Å². The molecule has 0 spiro atoms. The maximum Gasteiger partial charge on any atom is 0.242 e. The Balaban J connectivity index is 0.00000312. The van der Waals surface area contributed by atoms with Crippen LogP contribution in [0.2, 0.25) is 0 Å². The molecule has 7 nitrogen and oxygen atoms in total. The molecule has 1 aromatic heterocycles. The molecule has 1 aliphatic heterocycles. The lowest BCUT2D eigenvalue weighted by molar-refractivity contribution is -0.137. The molecule has 2 heterocycles. The van der Waals surface area contributed by atoms with E-state index in [1.165, 1.54) is 0 Å². The van der Waals surface area contributed by atoms with Gasteiger partial charge in [-0.1, -0.05) is 13.3 Å². The Labute approximate surface area is 156 Å². The van der Waals surface area contributed by atoms with Crippen LogP contribution in [0.15, 0.2) is 6.07 Å². The van der Waals surface area contributed by atoms with Gasteiger partial charge in [-0.05, 0) is 27.2 Å². The van der Waals surface area contributed by atoms with E-state index in [0.29, 0.717) is 51.0 Å². The Kier molecular flexibility index (Phi) is 7.89. The highest BCUT2D eigenvalue weighted by Gasteiger charge is 2.33. The van der Waals surface area contributed by atoms with Crippen molar-refractivity contribution in [3.8, 4) is 5.88 Å². The second kappa shape index (κ2) is 9.20. The number of carbonyl (C=O) groups excluding carboxylic acids is 1. The van der Waals surface area contributed by atoms with E-state index in [4.69, 9.17) is 10.5 Å². The van der Waals surface area contributed by atoms with E-state index in [1.807, 2.05) is 38.7 Å². The van der Waals surface area contributed by atoms with Crippen LogP contribution in [0.25, 0.3) is 0 Å². The molecule has 1 aliphatic rings. The predicted octanol–water partition coefficient (Wildman–Crippen LogP) is 1.77. The molecule has 0 aliphatic carbocycles. The van der Waals surface area contributed by atoms with Crippen LogP contribution in [0.3, 0.4) is 0 Å². The highest BCUT2D eigenvalue weighted by Crippen LogP contribution is 2.19. The fourth-order valence-electron chi connectivity index (χ4n) is 2.98. The van der Waals surface area contributed by atoms with Crippen molar-refractivity contribution < 1.29 is 9.53 Å². The number of rotatable bonds is 6. The van der Waals surface area contributed by atoms with Gasteiger partial charge < -0.3 is 20.3 Å². The molecule has 1 aromatic rings. The quantitative estimate of drug-likeness (QED) is 0.820. The molecular weight excluding hydrogens is 342 g/mol. The Morgan fingerprint density at radius 2 is 1.92 bits per heavy atom. The minimum absolute atomic E-state index is 0. The highest BCUT2D eigenvalue weighted by atomic mass is 35.5. The summed E-state index contributed by atoms with van der Waals surface area (Å²) in [7, 11) is 0. The van der Waals surface area contributed by atoms with Crippen molar-refractivity contribution >= 4 is 24.3 Å². The lowest BCUT2D eigenvalue weighted by atomic mass is 9.95. The Morgan fingerprint density at radius 3 is 2.48 bits per heavy atom. The monoisotopic (exact) mass is 371 g/mol. The summed E-state index contributed by atoms with van der Waals surface area (Å²) in [6.07, 6.45) is 1.60. The minimum Gasteiger partial charge on any atom is -0.478 e. The maximum absolute atomic E-state index is 12.6. The first-order chi connectivity index (χ1) is 11.4. The van der Waals surface area contributed by atoms with Crippen LogP contribution >= 0.6 is 12.4 Å². The van der Waals surface area contributed by atoms with Gasteiger partial charge in [-0.2, -0.15) is 4.98 Å². The largest absolute Gasteiger partial charge is 0.478 e. The van der Waals surface area contributed by atoms with E-state index >= 15 is 0 Å². The number of ether oxygens (including phenoxy) is 1. The zero-order chi connectivity index (χ0) is 17.7. The number of anilines is 1. The molecule has 0 radical (unpaired) electrons. The van der Waals surface area contributed by atoms with Crippen molar-refractivity contribution in [2.75, 3.05) is 37.7 Å². The van der Waals surface area contributed by atoms with Gasteiger partial charge in [0.2, 0.25) is 17.7 Å². The Morgan fingerprint density at radius 1 is 1.28 bits per heavy atom. The Hall–Kier alpha value is -1.60. The number of piperazine rings is 1. The number of hydrogen-bond donors (Lipinski definition) is 1. The highest BCUT2D eigenvalue weighted by molar-refractivity contribution is 5.86. The summed E-state index contributed by atoms with van der Waals surface area (Å²) in [6.45, 7) is 11.0.